The Hall–Kier alpha value is -4.71. The number of halogens is 2. The van der Waals surface area contributed by atoms with Gasteiger partial charge >= 0.3 is 6.09 Å². The second kappa shape index (κ2) is 13.6. The molecule has 4 aromatic rings. The third-order valence-electron chi connectivity index (χ3n) is 8.54. The Morgan fingerprint density at radius 2 is 1.83 bits per heavy atom. The van der Waals surface area contributed by atoms with Gasteiger partial charge in [0.15, 0.2) is 5.82 Å². The average Bonchev–Trinajstić information content (AvgIpc) is 4.00. The van der Waals surface area contributed by atoms with Gasteiger partial charge in [-0.2, -0.15) is 0 Å². The third kappa shape index (κ3) is 7.48. The number of rotatable bonds is 13. The molecule has 3 aromatic carbocycles. The van der Waals surface area contributed by atoms with Crippen molar-refractivity contribution in [1.82, 2.24) is 19.8 Å². The molecule has 0 radical (unpaired) electrons. The molecule has 2 fully saturated rings. The van der Waals surface area contributed by atoms with Gasteiger partial charge in [0.25, 0.3) is 11.5 Å². The molecule has 47 heavy (non-hydrogen) atoms. The second-order valence-corrected chi connectivity index (χ2v) is 12.8. The first-order valence-corrected chi connectivity index (χ1v) is 16.4. The summed E-state index contributed by atoms with van der Waals surface area (Å²) in [5, 5.41) is 15.9. The number of ether oxygens (including phenoxy) is 1. The summed E-state index contributed by atoms with van der Waals surface area (Å²) in [5.74, 6) is -0.349. The number of amides is 2. The lowest BCUT2D eigenvalue weighted by Crippen LogP contribution is -2.35. The number of nitrogens with one attached hydrogen (secondary N) is 2. The molecule has 0 aliphatic heterocycles. The van der Waals surface area contributed by atoms with Crippen LogP contribution >= 0.6 is 15.9 Å². The number of hydrogen-bond donors (Lipinski definition) is 3. The summed E-state index contributed by atoms with van der Waals surface area (Å²) in [6.45, 7) is 2.23. The fourth-order valence-corrected chi connectivity index (χ4v) is 5.93. The number of para-hydroxylation sites is 1. The fourth-order valence-electron chi connectivity index (χ4n) is 5.54. The SMILES string of the molecule is Cc1c(F)cc(C(=O)NC2CC2)cc1-n1cc(Br)nc(NC2(c3ccccc3OCCN(CCc3ccccc3)C(=O)O)CC2)c1=O. The molecule has 244 valence electrons. The summed E-state index contributed by atoms with van der Waals surface area (Å²) in [7, 11) is 0. The molecule has 0 unspecified atom stereocenters. The van der Waals surface area contributed by atoms with Gasteiger partial charge in [0.05, 0.1) is 17.8 Å². The summed E-state index contributed by atoms with van der Waals surface area (Å²) in [5.41, 5.74) is 1.32. The zero-order valence-electron chi connectivity index (χ0n) is 25.8. The minimum atomic E-state index is -1.01. The van der Waals surface area contributed by atoms with Gasteiger partial charge in [0.2, 0.25) is 0 Å². The molecule has 1 heterocycles. The largest absolute Gasteiger partial charge is 0.491 e. The predicted octanol–water partition coefficient (Wildman–Crippen LogP) is 6.04. The number of nitrogens with zero attached hydrogens (tertiary/aromatic N) is 3. The first-order valence-electron chi connectivity index (χ1n) is 15.6. The van der Waals surface area contributed by atoms with E-state index in [2.05, 4.69) is 31.5 Å². The summed E-state index contributed by atoms with van der Waals surface area (Å²) in [4.78, 5) is 44.3. The number of aromatic nitrogens is 2. The van der Waals surface area contributed by atoms with Gasteiger partial charge in [0, 0.05) is 35.5 Å². The smallest absolute Gasteiger partial charge is 0.407 e. The topological polar surface area (TPSA) is 126 Å². The number of carbonyl (C=O) groups is 2. The molecule has 0 saturated heterocycles. The van der Waals surface area contributed by atoms with Crippen LogP contribution in [0, 0.1) is 12.7 Å². The number of benzene rings is 3. The first kappa shape index (κ1) is 32.2. The monoisotopic (exact) mass is 703 g/mol. The Bertz CT molecular complexity index is 1860. The van der Waals surface area contributed by atoms with E-state index in [1.807, 2.05) is 54.6 Å². The molecular formula is C35H35BrFN5O5. The van der Waals surface area contributed by atoms with Crippen molar-refractivity contribution >= 4 is 33.7 Å². The van der Waals surface area contributed by atoms with E-state index < -0.39 is 23.0 Å². The summed E-state index contributed by atoms with van der Waals surface area (Å²) in [6, 6.07) is 20.0. The van der Waals surface area contributed by atoms with Crippen molar-refractivity contribution in [3.63, 3.8) is 0 Å². The summed E-state index contributed by atoms with van der Waals surface area (Å²) < 4.78 is 22.8. The fraction of sp³-hybridized carbons (Fsp3) is 0.314. The molecule has 6 rings (SSSR count). The van der Waals surface area contributed by atoms with Crippen LogP contribution in [-0.4, -0.2) is 57.3 Å². The van der Waals surface area contributed by atoms with Crippen LogP contribution < -0.4 is 20.9 Å². The van der Waals surface area contributed by atoms with Crippen molar-refractivity contribution in [2.45, 2.75) is 50.6 Å². The van der Waals surface area contributed by atoms with Gasteiger partial charge in [-0.1, -0.05) is 48.5 Å². The Morgan fingerprint density at radius 1 is 1.11 bits per heavy atom. The standard InChI is InChI=1S/C35H35BrFN5O5/c1-22-27(37)19-24(32(43)38-25-11-12-25)20-28(22)42-21-30(36)39-31(33(42)44)40-35(14-15-35)26-9-5-6-10-29(26)47-18-17-41(34(45)46)16-13-23-7-3-2-4-8-23/h2-10,19-21,25H,11-18H2,1H3,(H,38,43)(H,39,40)(H,45,46). The van der Waals surface area contributed by atoms with Gasteiger partial charge in [-0.25, -0.2) is 14.2 Å². The Labute approximate surface area is 279 Å². The van der Waals surface area contributed by atoms with Crippen LogP contribution in [0.25, 0.3) is 5.69 Å². The van der Waals surface area contributed by atoms with Crippen LogP contribution in [-0.2, 0) is 12.0 Å². The summed E-state index contributed by atoms with van der Waals surface area (Å²) >= 11 is 3.40. The molecule has 2 amide bonds. The maximum Gasteiger partial charge on any atom is 0.407 e. The van der Waals surface area contributed by atoms with Crippen molar-refractivity contribution in [2.24, 2.45) is 0 Å². The van der Waals surface area contributed by atoms with Crippen molar-refractivity contribution in [3.8, 4) is 11.4 Å². The number of carboxylic acid groups (broad SMARTS) is 1. The van der Waals surface area contributed by atoms with Crippen LogP contribution in [0.15, 0.2) is 82.3 Å². The maximum atomic E-state index is 15.0. The minimum absolute atomic E-state index is 0.0530. The van der Waals surface area contributed by atoms with Crippen molar-refractivity contribution < 1.29 is 23.8 Å². The molecule has 0 atom stereocenters. The highest BCUT2D eigenvalue weighted by Gasteiger charge is 2.47. The Kier molecular flexibility index (Phi) is 9.31. The highest BCUT2D eigenvalue weighted by atomic mass is 79.9. The van der Waals surface area contributed by atoms with E-state index in [0.29, 0.717) is 36.2 Å². The van der Waals surface area contributed by atoms with E-state index in [4.69, 9.17) is 4.74 Å². The zero-order valence-corrected chi connectivity index (χ0v) is 27.4. The lowest BCUT2D eigenvalue weighted by molar-refractivity contribution is 0.0950. The maximum absolute atomic E-state index is 15.0. The molecule has 0 spiro atoms. The van der Waals surface area contributed by atoms with E-state index in [-0.39, 0.29) is 47.7 Å². The van der Waals surface area contributed by atoms with Crippen molar-refractivity contribution in [1.29, 1.82) is 0 Å². The van der Waals surface area contributed by atoms with E-state index in [9.17, 15) is 19.5 Å². The van der Waals surface area contributed by atoms with E-state index in [0.717, 1.165) is 24.0 Å². The quantitative estimate of drug-likeness (QED) is 0.155. The molecule has 2 aliphatic rings. The van der Waals surface area contributed by atoms with Crippen LogP contribution in [0.4, 0.5) is 15.0 Å². The molecule has 2 aliphatic carbocycles. The second-order valence-electron chi connectivity index (χ2n) is 12.0. The average molecular weight is 705 g/mol. The van der Waals surface area contributed by atoms with Gasteiger partial charge < -0.3 is 25.4 Å². The zero-order chi connectivity index (χ0) is 33.1. The van der Waals surface area contributed by atoms with E-state index >= 15 is 4.39 Å². The van der Waals surface area contributed by atoms with Gasteiger partial charge in [-0.15, -0.1) is 0 Å². The molecule has 3 N–H and O–H groups in total. The van der Waals surface area contributed by atoms with E-state index in [1.165, 1.54) is 27.8 Å². The number of hydrogen-bond acceptors (Lipinski definition) is 6. The van der Waals surface area contributed by atoms with E-state index in [1.54, 1.807) is 6.92 Å². The molecule has 2 saturated carbocycles. The molecular weight excluding hydrogens is 669 g/mol. The van der Waals surface area contributed by atoms with Crippen molar-refractivity contribution in [2.75, 3.05) is 25.0 Å². The van der Waals surface area contributed by atoms with Gasteiger partial charge in [0.1, 0.15) is 22.8 Å². The highest BCUT2D eigenvalue weighted by molar-refractivity contribution is 9.10. The van der Waals surface area contributed by atoms with Crippen LogP contribution in [0.5, 0.6) is 5.75 Å². The minimum Gasteiger partial charge on any atom is -0.491 e. The molecule has 10 nitrogen and oxygen atoms in total. The molecule has 1 aromatic heterocycles. The lowest BCUT2D eigenvalue weighted by atomic mass is 10.0. The number of carbonyl (C=O) groups excluding carboxylic acids is 1. The van der Waals surface area contributed by atoms with Crippen LogP contribution in [0.1, 0.15) is 52.7 Å². The lowest BCUT2D eigenvalue weighted by Gasteiger charge is -2.24. The van der Waals surface area contributed by atoms with Crippen LogP contribution in [0.2, 0.25) is 0 Å². The number of anilines is 1. The highest BCUT2D eigenvalue weighted by Crippen LogP contribution is 2.51. The Morgan fingerprint density at radius 3 is 2.53 bits per heavy atom. The Balaban J connectivity index is 1.20. The first-order chi connectivity index (χ1) is 22.6. The van der Waals surface area contributed by atoms with Crippen LogP contribution in [0.3, 0.4) is 0 Å². The third-order valence-corrected chi connectivity index (χ3v) is 8.92. The molecule has 12 heteroatoms. The van der Waals surface area contributed by atoms with Gasteiger partial charge in [-0.05, 0) is 78.7 Å². The van der Waals surface area contributed by atoms with Crippen molar-refractivity contribution in [3.05, 3.63) is 116 Å². The predicted molar refractivity (Wildman–Crippen MR) is 179 cm³/mol. The normalized spacial score (nSPS) is 14.7. The summed E-state index contributed by atoms with van der Waals surface area (Å²) in [6.07, 6.45) is 4.22. The van der Waals surface area contributed by atoms with Gasteiger partial charge in [-0.3, -0.25) is 14.2 Å². The molecule has 0 bridgehead atoms.